The van der Waals surface area contributed by atoms with E-state index in [1.165, 1.54) is 6.92 Å². The number of carboxylic acid groups (broad SMARTS) is 1. The van der Waals surface area contributed by atoms with Gasteiger partial charge in [-0.15, -0.1) is 0 Å². The summed E-state index contributed by atoms with van der Waals surface area (Å²) in [7, 11) is 0. The van der Waals surface area contributed by atoms with Crippen molar-refractivity contribution in [1.82, 2.24) is 10.6 Å². The minimum Gasteiger partial charge on any atom is -0.479 e. The lowest BCUT2D eigenvalue weighted by Gasteiger charge is -2.08. The number of nitrogens with one attached hydrogen (secondary N) is 2. The number of aliphatic hydroxyl groups is 1. The Bertz CT molecular complexity index is 498. The molecule has 0 saturated carbocycles. The van der Waals surface area contributed by atoms with Gasteiger partial charge in [0.15, 0.2) is 6.10 Å². The first-order valence-electron chi connectivity index (χ1n) is 5.92. The van der Waals surface area contributed by atoms with E-state index >= 15 is 0 Å². The summed E-state index contributed by atoms with van der Waals surface area (Å²) in [5.41, 5.74) is 1.18. The van der Waals surface area contributed by atoms with Gasteiger partial charge < -0.3 is 20.8 Å². The van der Waals surface area contributed by atoms with E-state index in [1.54, 1.807) is 24.3 Å². The number of carboxylic acids is 1. The molecule has 4 N–H and O–H groups in total. The van der Waals surface area contributed by atoms with E-state index in [0.29, 0.717) is 12.1 Å². The van der Waals surface area contributed by atoms with Crippen LogP contribution < -0.4 is 10.6 Å². The Morgan fingerprint density at radius 3 is 2.25 bits per heavy atom. The molecule has 1 atom stereocenters. The molecule has 0 spiro atoms. The van der Waals surface area contributed by atoms with Crippen molar-refractivity contribution in [2.75, 3.05) is 6.54 Å². The van der Waals surface area contributed by atoms with Crippen LogP contribution in [0.4, 0.5) is 0 Å². The van der Waals surface area contributed by atoms with Crippen LogP contribution in [0.3, 0.4) is 0 Å². The second-order valence-corrected chi connectivity index (χ2v) is 4.17. The highest BCUT2D eigenvalue weighted by Gasteiger charge is 2.14. The number of aliphatic hydroxyl groups excluding tert-OH is 1. The first-order valence-corrected chi connectivity index (χ1v) is 5.92. The number of hydrogen-bond acceptors (Lipinski definition) is 4. The summed E-state index contributed by atoms with van der Waals surface area (Å²) in [5, 5.41) is 22.4. The molecule has 0 heterocycles. The van der Waals surface area contributed by atoms with Crippen LogP contribution in [0.1, 0.15) is 22.8 Å². The van der Waals surface area contributed by atoms with Gasteiger partial charge in [0, 0.05) is 19.0 Å². The highest BCUT2D eigenvalue weighted by atomic mass is 16.4. The smallest absolute Gasteiger partial charge is 0.334 e. The first kappa shape index (κ1) is 15.6. The number of hydrogen-bond donors (Lipinski definition) is 4. The molecule has 7 nitrogen and oxygen atoms in total. The third-order valence-electron chi connectivity index (χ3n) is 2.50. The van der Waals surface area contributed by atoms with E-state index in [0.717, 1.165) is 5.56 Å². The van der Waals surface area contributed by atoms with Crippen LogP contribution in [-0.2, 0) is 16.1 Å². The van der Waals surface area contributed by atoms with Gasteiger partial charge in [0.05, 0.1) is 6.54 Å². The van der Waals surface area contributed by atoms with Crippen LogP contribution in [0, 0.1) is 0 Å². The van der Waals surface area contributed by atoms with Crippen molar-refractivity contribution in [2.24, 2.45) is 0 Å². The highest BCUT2D eigenvalue weighted by molar-refractivity contribution is 5.94. The molecule has 0 unspecified atom stereocenters. The predicted octanol–water partition coefficient (Wildman–Crippen LogP) is -0.502. The molecule has 1 aromatic rings. The molecule has 2 amide bonds. The topological polar surface area (TPSA) is 116 Å². The monoisotopic (exact) mass is 280 g/mol. The minimum atomic E-state index is -1.63. The van der Waals surface area contributed by atoms with Gasteiger partial charge in [-0.1, -0.05) is 12.1 Å². The zero-order valence-corrected chi connectivity index (χ0v) is 10.9. The summed E-state index contributed by atoms with van der Waals surface area (Å²) in [6.07, 6.45) is -1.63. The number of carbonyl (C=O) groups excluding carboxylic acids is 2. The lowest BCUT2D eigenvalue weighted by molar-refractivity contribution is -0.146. The second kappa shape index (κ2) is 7.25. The summed E-state index contributed by atoms with van der Waals surface area (Å²) < 4.78 is 0. The lowest BCUT2D eigenvalue weighted by atomic mass is 10.1. The molecule has 1 rings (SSSR count). The Morgan fingerprint density at radius 1 is 1.15 bits per heavy atom. The van der Waals surface area contributed by atoms with E-state index < -0.39 is 18.0 Å². The molecular weight excluding hydrogens is 264 g/mol. The molecule has 0 radical (unpaired) electrons. The van der Waals surface area contributed by atoms with Gasteiger partial charge in [-0.25, -0.2) is 4.79 Å². The van der Waals surface area contributed by atoms with Gasteiger partial charge in [0.1, 0.15) is 0 Å². The fourth-order valence-electron chi connectivity index (χ4n) is 1.38. The van der Waals surface area contributed by atoms with Crippen LogP contribution in [-0.4, -0.2) is 40.6 Å². The maximum Gasteiger partial charge on any atom is 0.334 e. The third kappa shape index (κ3) is 5.07. The highest BCUT2D eigenvalue weighted by Crippen LogP contribution is 2.04. The van der Waals surface area contributed by atoms with E-state index in [-0.39, 0.29) is 12.5 Å². The van der Waals surface area contributed by atoms with Crippen LogP contribution in [0.2, 0.25) is 0 Å². The predicted molar refractivity (Wildman–Crippen MR) is 69.9 cm³/mol. The maximum atomic E-state index is 11.7. The fraction of sp³-hybridized carbons (Fsp3) is 0.308. The number of benzene rings is 1. The van der Waals surface area contributed by atoms with Crippen molar-refractivity contribution >= 4 is 17.8 Å². The Kier molecular flexibility index (Phi) is 5.67. The SMILES string of the molecule is CC(=O)NCc1ccc(C(=O)NC[C@H](O)C(=O)O)cc1. The average Bonchev–Trinajstić information content (AvgIpc) is 2.42. The number of carbonyl (C=O) groups is 3. The number of rotatable bonds is 6. The lowest BCUT2D eigenvalue weighted by Crippen LogP contribution is -2.36. The van der Waals surface area contributed by atoms with Crippen LogP contribution in [0.5, 0.6) is 0 Å². The van der Waals surface area contributed by atoms with E-state index in [4.69, 9.17) is 10.2 Å². The van der Waals surface area contributed by atoms with Gasteiger partial charge in [0.25, 0.3) is 5.91 Å². The van der Waals surface area contributed by atoms with Crippen molar-refractivity contribution in [3.05, 3.63) is 35.4 Å². The molecule has 1 aromatic carbocycles. The summed E-state index contributed by atoms with van der Waals surface area (Å²) in [6.45, 7) is 1.42. The molecule has 0 aliphatic heterocycles. The molecule has 0 aromatic heterocycles. The Balaban J connectivity index is 2.53. The molecule has 108 valence electrons. The number of amides is 2. The van der Waals surface area contributed by atoms with Gasteiger partial charge in [-0.2, -0.15) is 0 Å². The minimum absolute atomic E-state index is 0.144. The second-order valence-electron chi connectivity index (χ2n) is 4.17. The van der Waals surface area contributed by atoms with Crippen LogP contribution in [0.25, 0.3) is 0 Å². The summed E-state index contributed by atoms with van der Waals surface area (Å²) in [5.74, 6) is -2.01. The third-order valence-corrected chi connectivity index (χ3v) is 2.50. The van der Waals surface area contributed by atoms with E-state index in [2.05, 4.69) is 10.6 Å². The molecule has 0 aliphatic carbocycles. The average molecular weight is 280 g/mol. The normalized spacial score (nSPS) is 11.5. The zero-order valence-electron chi connectivity index (χ0n) is 10.9. The molecule has 0 saturated heterocycles. The Labute approximate surface area is 115 Å². The van der Waals surface area contributed by atoms with Crippen molar-refractivity contribution < 1.29 is 24.6 Å². The molecule has 20 heavy (non-hydrogen) atoms. The van der Waals surface area contributed by atoms with Crippen LogP contribution >= 0.6 is 0 Å². The van der Waals surface area contributed by atoms with Crippen molar-refractivity contribution in [2.45, 2.75) is 19.6 Å². The van der Waals surface area contributed by atoms with Gasteiger partial charge in [-0.05, 0) is 17.7 Å². The molecule has 0 aliphatic rings. The summed E-state index contributed by atoms with van der Waals surface area (Å²) in [6, 6.07) is 6.47. The Morgan fingerprint density at radius 2 is 1.75 bits per heavy atom. The first-order chi connectivity index (χ1) is 9.40. The van der Waals surface area contributed by atoms with Gasteiger partial charge in [0.2, 0.25) is 5.91 Å². The zero-order chi connectivity index (χ0) is 15.1. The molecule has 0 bridgehead atoms. The molecular formula is C13H16N2O5. The van der Waals surface area contributed by atoms with E-state index in [9.17, 15) is 14.4 Å². The Hall–Kier alpha value is -2.41. The van der Waals surface area contributed by atoms with Crippen molar-refractivity contribution in [3.8, 4) is 0 Å². The maximum absolute atomic E-state index is 11.7. The standard InChI is InChI=1S/C13H16N2O5/c1-8(16)14-6-9-2-4-10(5-3-9)12(18)15-7-11(17)13(19)20/h2-5,11,17H,6-7H2,1H3,(H,14,16)(H,15,18)(H,19,20)/t11-/m0/s1. The fourth-order valence-corrected chi connectivity index (χ4v) is 1.38. The van der Waals surface area contributed by atoms with Gasteiger partial charge >= 0.3 is 5.97 Å². The number of aliphatic carboxylic acids is 1. The van der Waals surface area contributed by atoms with Gasteiger partial charge in [-0.3, -0.25) is 9.59 Å². The summed E-state index contributed by atoms with van der Waals surface area (Å²) >= 11 is 0. The largest absolute Gasteiger partial charge is 0.479 e. The molecule has 0 fully saturated rings. The quantitative estimate of drug-likeness (QED) is 0.560. The van der Waals surface area contributed by atoms with E-state index in [1.807, 2.05) is 0 Å². The van der Waals surface area contributed by atoms with Crippen molar-refractivity contribution in [3.63, 3.8) is 0 Å². The van der Waals surface area contributed by atoms with Crippen LogP contribution in [0.15, 0.2) is 24.3 Å². The molecule has 7 heteroatoms. The summed E-state index contributed by atoms with van der Waals surface area (Å²) in [4.78, 5) is 32.8. The van der Waals surface area contributed by atoms with Crippen molar-refractivity contribution in [1.29, 1.82) is 0 Å².